The molecule has 1 N–H and O–H groups in total. The van der Waals surface area contributed by atoms with Crippen molar-refractivity contribution in [1.82, 2.24) is 0 Å². The summed E-state index contributed by atoms with van der Waals surface area (Å²) < 4.78 is 5.15. The molecule has 3 heteroatoms. The molecule has 1 rings (SSSR count). The highest BCUT2D eigenvalue weighted by Gasteiger charge is 2.14. The van der Waals surface area contributed by atoms with Gasteiger partial charge in [0.05, 0.1) is 12.5 Å². The van der Waals surface area contributed by atoms with Gasteiger partial charge in [-0.1, -0.05) is 32.4 Å². The fourth-order valence-corrected chi connectivity index (χ4v) is 1.53. The Kier molecular flexibility index (Phi) is 5.53. The van der Waals surface area contributed by atoms with Crippen LogP contribution in [0.2, 0.25) is 0 Å². The smallest absolute Gasteiger partial charge is 0.308 e. The average molecular weight is 236 g/mol. The van der Waals surface area contributed by atoms with Gasteiger partial charge in [-0.15, -0.1) is 0 Å². The molecule has 0 aliphatic carbocycles. The van der Waals surface area contributed by atoms with Crippen LogP contribution >= 0.6 is 0 Å². The second-order valence-corrected chi connectivity index (χ2v) is 4.29. The number of phenolic OH excluding ortho intramolecular Hbond substituents is 1. The van der Waals surface area contributed by atoms with E-state index in [1.165, 1.54) is 0 Å². The zero-order chi connectivity index (χ0) is 12.7. The van der Waals surface area contributed by atoms with E-state index in [0.29, 0.717) is 13.0 Å². The second-order valence-electron chi connectivity index (χ2n) is 4.29. The number of phenols is 1. The van der Waals surface area contributed by atoms with Gasteiger partial charge in [-0.2, -0.15) is 0 Å². The fourth-order valence-electron chi connectivity index (χ4n) is 1.53. The van der Waals surface area contributed by atoms with E-state index in [1.807, 2.05) is 19.1 Å². The first-order valence-corrected chi connectivity index (χ1v) is 6.08. The van der Waals surface area contributed by atoms with Crippen LogP contribution in [0.3, 0.4) is 0 Å². The van der Waals surface area contributed by atoms with Crippen LogP contribution in [-0.4, -0.2) is 17.7 Å². The molecule has 1 aromatic carbocycles. The van der Waals surface area contributed by atoms with Crippen molar-refractivity contribution >= 4 is 5.97 Å². The SMILES string of the molecule is CCCCOC(=O)C(C)Cc1ccc(O)cc1. The number of ether oxygens (including phenoxy) is 1. The Morgan fingerprint density at radius 3 is 2.59 bits per heavy atom. The van der Waals surface area contributed by atoms with Crippen LogP contribution in [0.1, 0.15) is 32.3 Å². The van der Waals surface area contributed by atoms with Gasteiger partial charge in [-0.25, -0.2) is 0 Å². The molecule has 17 heavy (non-hydrogen) atoms. The number of carbonyl (C=O) groups excluding carboxylic acids is 1. The molecule has 3 nitrogen and oxygen atoms in total. The molecule has 0 bridgehead atoms. The van der Waals surface area contributed by atoms with E-state index in [-0.39, 0.29) is 17.6 Å². The fraction of sp³-hybridized carbons (Fsp3) is 0.500. The van der Waals surface area contributed by atoms with Gasteiger partial charge < -0.3 is 9.84 Å². The van der Waals surface area contributed by atoms with Gasteiger partial charge in [0.25, 0.3) is 0 Å². The molecular weight excluding hydrogens is 216 g/mol. The lowest BCUT2D eigenvalue weighted by molar-refractivity contribution is -0.148. The zero-order valence-corrected chi connectivity index (χ0v) is 10.5. The van der Waals surface area contributed by atoms with E-state index in [4.69, 9.17) is 9.84 Å². The Bertz CT molecular complexity index is 343. The highest BCUT2D eigenvalue weighted by atomic mass is 16.5. The molecule has 0 fully saturated rings. The lowest BCUT2D eigenvalue weighted by Gasteiger charge is -2.11. The predicted octanol–water partition coefficient (Wildman–Crippen LogP) is 2.91. The normalized spacial score (nSPS) is 12.1. The standard InChI is InChI=1S/C14H20O3/c1-3-4-9-17-14(16)11(2)10-12-5-7-13(15)8-6-12/h5-8,11,15H,3-4,9-10H2,1-2H3. The van der Waals surface area contributed by atoms with E-state index in [9.17, 15) is 4.79 Å². The number of unbranched alkanes of at least 4 members (excludes halogenated alkanes) is 1. The van der Waals surface area contributed by atoms with E-state index < -0.39 is 0 Å². The molecule has 0 amide bonds. The molecule has 1 atom stereocenters. The molecule has 1 aromatic rings. The third kappa shape index (κ3) is 4.89. The number of carbonyl (C=O) groups is 1. The van der Waals surface area contributed by atoms with Gasteiger partial charge in [0, 0.05) is 0 Å². The molecule has 0 heterocycles. The molecule has 0 radical (unpaired) electrons. The van der Waals surface area contributed by atoms with Crippen molar-refractivity contribution in [3.63, 3.8) is 0 Å². The Hall–Kier alpha value is -1.51. The van der Waals surface area contributed by atoms with Gasteiger partial charge >= 0.3 is 5.97 Å². The van der Waals surface area contributed by atoms with Crippen molar-refractivity contribution in [2.45, 2.75) is 33.1 Å². The number of hydrogen-bond acceptors (Lipinski definition) is 3. The van der Waals surface area contributed by atoms with E-state index in [1.54, 1.807) is 12.1 Å². The largest absolute Gasteiger partial charge is 0.508 e. The van der Waals surface area contributed by atoms with Crippen LogP contribution in [0.5, 0.6) is 5.75 Å². The van der Waals surface area contributed by atoms with E-state index >= 15 is 0 Å². The minimum absolute atomic E-state index is 0.142. The molecular formula is C14H20O3. The summed E-state index contributed by atoms with van der Waals surface area (Å²) in [4.78, 5) is 11.6. The Labute approximate surface area is 102 Å². The van der Waals surface area contributed by atoms with Crippen molar-refractivity contribution in [2.24, 2.45) is 5.92 Å². The van der Waals surface area contributed by atoms with Gasteiger partial charge in [0.15, 0.2) is 0 Å². The number of hydrogen-bond donors (Lipinski definition) is 1. The van der Waals surface area contributed by atoms with Crippen molar-refractivity contribution in [3.05, 3.63) is 29.8 Å². The van der Waals surface area contributed by atoms with Gasteiger partial charge in [0.1, 0.15) is 5.75 Å². The molecule has 0 aromatic heterocycles. The Morgan fingerprint density at radius 2 is 2.00 bits per heavy atom. The van der Waals surface area contributed by atoms with Crippen LogP contribution in [0.25, 0.3) is 0 Å². The first-order valence-electron chi connectivity index (χ1n) is 6.08. The Balaban J connectivity index is 2.40. The maximum Gasteiger partial charge on any atom is 0.308 e. The Morgan fingerprint density at radius 1 is 1.35 bits per heavy atom. The lowest BCUT2D eigenvalue weighted by atomic mass is 10.0. The van der Waals surface area contributed by atoms with Crippen LogP contribution in [0.4, 0.5) is 0 Å². The number of rotatable bonds is 6. The minimum atomic E-state index is -0.147. The summed E-state index contributed by atoms with van der Waals surface area (Å²) in [7, 11) is 0. The molecule has 0 aliphatic heterocycles. The van der Waals surface area contributed by atoms with Crippen molar-refractivity contribution in [2.75, 3.05) is 6.61 Å². The maximum absolute atomic E-state index is 11.6. The minimum Gasteiger partial charge on any atom is -0.508 e. The quantitative estimate of drug-likeness (QED) is 0.610. The van der Waals surface area contributed by atoms with Crippen molar-refractivity contribution in [1.29, 1.82) is 0 Å². The number of esters is 1. The molecule has 1 unspecified atom stereocenters. The number of aromatic hydroxyl groups is 1. The van der Waals surface area contributed by atoms with Gasteiger partial charge in [0.2, 0.25) is 0 Å². The van der Waals surface area contributed by atoms with Crippen LogP contribution in [0, 0.1) is 5.92 Å². The lowest BCUT2D eigenvalue weighted by Crippen LogP contribution is -2.17. The maximum atomic E-state index is 11.6. The topological polar surface area (TPSA) is 46.5 Å². The zero-order valence-electron chi connectivity index (χ0n) is 10.5. The van der Waals surface area contributed by atoms with Crippen LogP contribution in [-0.2, 0) is 16.0 Å². The molecule has 0 spiro atoms. The first kappa shape index (κ1) is 13.6. The van der Waals surface area contributed by atoms with Crippen LogP contribution < -0.4 is 0 Å². The van der Waals surface area contributed by atoms with Crippen molar-refractivity contribution in [3.8, 4) is 5.75 Å². The molecule has 0 saturated heterocycles. The summed E-state index contributed by atoms with van der Waals surface area (Å²) >= 11 is 0. The number of benzene rings is 1. The van der Waals surface area contributed by atoms with Gasteiger partial charge in [-0.3, -0.25) is 4.79 Å². The summed E-state index contributed by atoms with van der Waals surface area (Å²) in [5.74, 6) is -0.0464. The monoisotopic (exact) mass is 236 g/mol. The summed E-state index contributed by atoms with van der Waals surface area (Å²) in [6.07, 6.45) is 2.59. The highest BCUT2D eigenvalue weighted by molar-refractivity contribution is 5.72. The van der Waals surface area contributed by atoms with Crippen LogP contribution in [0.15, 0.2) is 24.3 Å². The highest BCUT2D eigenvalue weighted by Crippen LogP contribution is 2.14. The summed E-state index contributed by atoms with van der Waals surface area (Å²) in [6.45, 7) is 4.43. The van der Waals surface area contributed by atoms with E-state index in [2.05, 4.69) is 6.92 Å². The summed E-state index contributed by atoms with van der Waals surface area (Å²) in [5.41, 5.74) is 1.03. The second kappa shape index (κ2) is 6.94. The van der Waals surface area contributed by atoms with Gasteiger partial charge in [-0.05, 0) is 30.5 Å². The third-order valence-electron chi connectivity index (χ3n) is 2.62. The average Bonchev–Trinajstić information content (AvgIpc) is 2.32. The summed E-state index contributed by atoms with van der Waals surface area (Å²) in [5, 5.41) is 9.15. The molecule has 0 saturated carbocycles. The summed E-state index contributed by atoms with van der Waals surface area (Å²) in [6, 6.07) is 6.91. The first-order chi connectivity index (χ1) is 8.13. The third-order valence-corrected chi connectivity index (χ3v) is 2.62. The van der Waals surface area contributed by atoms with E-state index in [0.717, 1.165) is 18.4 Å². The van der Waals surface area contributed by atoms with Crippen molar-refractivity contribution < 1.29 is 14.6 Å². The molecule has 0 aliphatic rings. The predicted molar refractivity (Wildman–Crippen MR) is 66.8 cm³/mol. The molecule has 94 valence electrons.